The Morgan fingerprint density at radius 3 is 1.88 bits per heavy atom. The fourth-order valence-corrected chi connectivity index (χ4v) is 21.5. The van der Waals surface area contributed by atoms with Crippen molar-refractivity contribution in [1.29, 1.82) is 0 Å². The zero-order valence-electron chi connectivity index (χ0n) is 42.6. The normalized spacial score (nSPS) is 39.3. The average molecular weight is 964 g/mol. The first-order valence-corrected chi connectivity index (χ1v) is 28.8. The second-order valence-electron chi connectivity index (χ2n) is 24.1. The molecule has 4 N–H and O–H groups in total. The summed E-state index contributed by atoms with van der Waals surface area (Å²) in [4.78, 5) is 14.9. The van der Waals surface area contributed by atoms with Crippen LogP contribution in [0.3, 0.4) is 0 Å². The molecule has 6 fully saturated rings. The molecule has 0 unspecified atom stereocenters. The molecule has 3 aromatic carbocycles. The van der Waals surface area contributed by atoms with Gasteiger partial charge in [0.25, 0.3) is 0 Å². The molecule has 1 heterocycles. The SMILES string of the molecule is C=C(C)[C@@H]1CC[C@]2(C(=O)OCCCCCC[P+](c3ccccc3)(c3ccccc3)c3ccccc3)CC[C@]3(C)[C@H](CC[C@@H]4[C@@]5(C)CC[C@H](O[C@H]6O[C@H](CO)[C@@H](O)[C@H](O)[C@@H]6O)C(C)(C)[C@@H]5CC[C@]43C)[C@@H]12. The van der Waals surface area contributed by atoms with Crippen molar-refractivity contribution in [2.24, 2.45) is 56.7 Å². The van der Waals surface area contributed by atoms with Crippen LogP contribution in [0, 0.1) is 56.7 Å². The molecule has 9 heteroatoms. The van der Waals surface area contributed by atoms with Crippen LogP contribution in [0.5, 0.6) is 0 Å². The molecule has 0 radical (unpaired) electrons. The monoisotopic (exact) mass is 964 g/mol. The third kappa shape index (κ3) is 8.44. The van der Waals surface area contributed by atoms with E-state index < -0.39 is 50.0 Å². The number of allylic oxidation sites excluding steroid dienone is 1. The number of benzene rings is 3. The van der Waals surface area contributed by atoms with Gasteiger partial charge >= 0.3 is 5.97 Å². The molecule has 9 rings (SSSR count). The van der Waals surface area contributed by atoms with Crippen LogP contribution < -0.4 is 15.9 Å². The maximum absolute atomic E-state index is 14.9. The van der Waals surface area contributed by atoms with Crippen LogP contribution >= 0.6 is 7.26 Å². The van der Waals surface area contributed by atoms with Gasteiger partial charge in [-0.1, -0.05) is 101 Å². The lowest BCUT2D eigenvalue weighted by molar-refractivity contribution is -0.331. The Morgan fingerprint density at radius 2 is 1.29 bits per heavy atom. The second kappa shape index (κ2) is 19.8. The van der Waals surface area contributed by atoms with Gasteiger partial charge in [0.2, 0.25) is 0 Å². The van der Waals surface area contributed by atoms with Crippen LogP contribution in [0.25, 0.3) is 0 Å². The summed E-state index contributed by atoms with van der Waals surface area (Å²) >= 11 is 0. The van der Waals surface area contributed by atoms with Crippen molar-refractivity contribution >= 4 is 29.1 Å². The third-order valence-corrected chi connectivity index (χ3v) is 25.3. The molecule has 69 heavy (non-hydrogen) atoms. The number of fused-ring (bicyclic) bond motifs is 7. The van der Waals surface area contributed by atoms with E-state index in [-0.39, 0.29) is 39.7 Å². The summed E-state index contributed by atoms with van der Waals surface area (Å²) in [7, 11) is -1.87. The van der Waals surface area contributed by atoms with E-state index >= 15 is 0 Å². The van der Waals surface area contributed by atoms with Crippen molar-refractivity contribution in [1.82, 2.24) is 0 Å². The van der Waals surface area contributed by atoms with E-state index in [0.717, 1.165) is 96.1 Å². The summed E-state index contributed by atoms with van der Waals surface area (Å²) in [5.41, 5.74) is 0.770. The van der Waals surface area contributed by atoms with E-state index in [1.807, 2.05) is 0 Å². The number of carbonyl (C=O) groups is 1. The number of aliphatic hydroxyl groups is 4. The van der Waals surface area contributed by atoms with Gasteiger partial charge < -0.3 is 34.6 Å². The van der Waals surface area contributed by atoms with Gasteiger partial charge in [-0.25, -0.2) is 0 Å². The first-order valence-electron chi connectivity index (χ1n) is 26.8. The van der Waals surface area contributed by atoms with E-state index in [4.69, 9.17) is 14.2 Å². The Morgan fingerprint density at radius 1 is 0.681 bits per heavy atom. The maximum atomic E-state index is 14.9. The van der Waals surface area contributed by atoms with Crippen molar-refractivity contribution in [3.63, 3.8) is 0 Å². The summed E-state index contributed by atoms with van der Waals surface area (Å²) < 4.78 is 18.9. The van der Waals surface area contributed by atoms with Crippen LogP contribution in [0.1, 0.15) is 131 Å². The summed E-state index contributed by atoms with van der Waals surface area (Å²) in [5, 5.41) is 46.1. The largest absolute Gasteiger partial charge is 0.465 e. The lowest BCUT2D eigenvalue weighted by atomic mass is 9.32. The minimum absolute atomic E-state index is 0.0582. The summed E-state index contributed by atoms with van der Waals surface area (Å²) in [6, 6.07) is 33.4. The lowest BCUT2D eigenvalue weighted by Crippen LogP contribution is -2.67. The van der Waals surface area contributed by atoms with Crippen LogP contribution in [0.2, 0.25) is 0 Å². The summed E-state index contributed by atoms with van der Waals surface area (Å²) in [5.74, 6) is 1.94. The quantitative estimate of drug-likeness (QED) is 0.0390. The van der Waals surface area contributed by atoms with Gasteiger partial charge in [-0.05, 0) is 184 Å². The zero-order valence-corrected chi connectivity index (χ0v) is 43.5. The van der Waals surface area contributed by atoms with E-state index in [1.165, 1.54) is 21.5 Å². The number of esters is 1. The molecule has 8 nitrogen and oxygen atoms in total. The number of hydrogen-bond donors (Lipinski definition) is 4. The lowest BCUT2D eigenvalue weighted by Gasteiger charge is -2.73. The molecule has 15 atom stereocenters. The minimum atomic E-state index is -1.87. The topological polar surface area (TPSA) is 126 Å². The predicted octanol–water partition coefficient (Wildman–Crippen LogP) is 9.93. The van der Waals surface area contributed by atoms with Crippen LogP contribution in [-0.2, 0) is 19.0 Å². The Labute approximate surface area is 414 Å². The second-order valence-corrected chi connectivity index (χ2v) is 27.7. The molecule has 1 aliphatic heterocycles. The third-order valence-electron chi connectivity index (χ3n) is 20.8. The first-order chi connectivity index (χ1) is 33.0. The molecule has 3 aromatic rings. The van der Waals surface area contributed by atoms with E-state index in [0.29, 0.717) is 30.3 Å². The van der Waals surface area contributed by atoms with Gasteiger partial charge in [0.05, 0.1) is 30.9 Å². The molecule has 5 saturated carbocycles. The van der Waals surface area contributed by atoms with E-state index in [9.17, 15) is 25.2 Å². The van der Waals surface area contributed by atoms with Crippen LogP contribution in [-0.4, -0.2) is 82.6 Å². The van der Waals surface area contributed by atoms with Gasteiger partial charge in [-0.15, -0.1) is 0 Å². The maximum Gasteiger partial charge on any atom is 0.312 e. The van der Waals surface area contributed by atoms with Crippen molar-refractivity contribution in [3.8, 4) is 0 Å². The molecule has 0 amide bonds. The molecular formula is C60H84O8P+. The molecule has 0 bridgehead atoms. The highest BCUT2D eigenvalue weighted by Crippen LogP contribution is 2.78. The van der Waals surface area contributed by atoms with Crippen molar-refractivity contribution in [3.05, 3.63) is 103 Å². The van der Waals surface area contributed by atoms with Gasteiger partial charge in [0, 0.05) is 0 Å². The fourth-order valence-electron chi connectivity index (χ4n) is 17.1. The highest BCUT2D eigenvalue weighted by atomic mass is 31.2. The molecule has 5 aliphatic carbocycles. The average Bonchev–Trinajstić information content (AvgIpc) is 3.76. The highest BCUT2D eigenvalue weighted by Gasteiger charge is 2.72. The Hall–Kier alpha value is -2.94. The van der Waals surface area contributed by atoms with Gasteiger partial charge in [-0.3, -0.25) is 4.79 Å². The molecule has 0 spiro atoms. The number of carbonyl (C=O) groups excluding carboxylic acids is 1. The molecule has 0 aromatic heterocycles. The number of unbranched alkanes of at least 4 members (excludes halogenated alkanes) is 3. The van der Waals surface area contributed by atoms with Gasteiger partial charge in [0.1, 0.15) is 47.6 Å². The molecule has 1 saturated heterocycles. The van der Waals surface area contributed by atoms with Gasteiger partial charge in [-0.2, -0.15) is 0 Å². The zero-order chi connectivity index (χ0) is 49.0. The van der Waals surface area contributed by atoms with Crippen LogP contribution in [0.4, 0.5) is 0 Å². The Kier molecular flexibility index (Phi) is 14.6. The highest BCUT2D eigenvalue weighted by molar-refractivity contribution is 7.95. The van der Waals surface area contributed by atoms with Crippen molar-refractivity contribution in [2.75, 3.05) is 19.4 Å². The fraction of sp³-hybridized carbons (Fsp3) is 0.650. The Bertz CT molecular complexity index is 2140. The summed E-state index contributed by atoms with van der Waals surface area (Å²) in [6.45, 7) is 19.2. The molecule has 376 valence electrons. The smallest absolute Gasteiger partial charge is 0.312 e. The van der Waals surface area contributed by atoms with E-state index in [1.54, 1.807) is 0 Å². The Balaban J connectivity index is 0.859. The number of aliphatic hydroxyl groups excluding tert-OH is 4. The van der Waals surface area contributed by atoms with Crippen molar-refractivity contribution in [2.45, 2.75) is 168 Å². The minimum Gasteiger partial charge on any atom is -0.465 e. The molecular weight excluding hydrogens is 880 g/mol. The van der Waals surface area contributed by atoms with Gasteiger partial charge in [0.15, 0.2) is 6.29 Å². The van der Waals surface area contributed by atoms with Crippen molar-refractivity contribution < 1.29 is 39.4 Å². The number of hydrogen-bond acceptors (Lipinski definition) is 8. The first kappa shape index (κ1) is 51.0. The summed E-state index contributed by atoms with van der Waals surface area (Å²) in [6.07, 6.45) is 8.71. The predicted molar refractivity (Wildman–Crippen MR) is 277 cm³/mol. The van der Waals surface area contributed by atoms with E-state index in [2.05, 4.69) is 139 Å². The molecule has 6 aliphatic rings. The number of rotatable bonds is 15. The standard InChI is InChI=1S/C60H84O8P/c1-40(2)44-29-34-60(55(65)66-37-19-8-9-20-38-69(41-21-13-10-14-22-41,42-23-15-11-16-24-42)43-25-17-12-18-26-43)36-35-58(6)45(50(44)60)27-28-48-57(5)32-31-49(56(3,4)47(57)30-33-59(48,58)7)68-54-53(64)52(63)51(62)46(39-61)67-54/h10-18,21-26,44-54,61-64H,1,8-9,19-20,27-39H2,2-7H3/q+1/t44-,45+,46+,47-,48+,49-,50+,51+,52-,53-,54+,57-,58+,59+,60-/m0/s1. The number of ether oxygens (including phenoxy) is 3. The van der Waals surface area contributed by atoms with Crippen LogP contribution in [0.15, 0.2) is 103 Å².